The fourth-order valence-corrected chi connectivity index (χ4v) is 2.95. The molecule has 0 saturated carbocycles. The van der Waals surface area contributed by atoms with E-state index in [4.69, 9.17) is 33.2 Å². The first kappa shape index (κ1) is 28.3. The highest BCUT2D eigenvalue weighted by Gasteiger charge is 2.13. The monoisotopic (exact) mass is 534 g/mol. The lowest BCUT2D eigenvalue weighted by Crippen LogP contribution is -2.11. The first-order valence-electron chi connectivity index (χ1n) is 11.5. The van der Waals surface area contributed by atoms with Gasteiger partial charge in [-0.15, -0.1) is 0 Å². The molecule has 3 rings (SSSR count). The maximum atomic E-state index is 12.6. The highest BCUT2D eigenvalue weighted by Crippen LogP contribution is 2.23. The van der Waals surface area contributed by atoms with Gasteiger partial charge in [-0.3, -0.25) is 0 Å². The molecule has 0 fully saturated rings. The Hall–Kier alpha value is -5.25. The van der Waals surface area contributed by atoms with Gasteiger partial charge in [0.25, 0.3) is 0 Å². The summed E-state index contributed by atoms with van der Waals surface area (Å²) in [6.07, 6.45) is 2.09. The molecule has 0 amide bonds. The first-order valence-corrected chi connectivity index (χ1v) is 11.5. The van der Waals surface area contributed by atoms with E-state index in [0.29, 0.717) is 39.9 Å². The largest absolute Gasteiger partial charge is 0.457 e. The molecule has 0 heterocycles. The third-order valence-electron chi connectivity index (χ3n) is 4.91. The average Bonchev–Trinajstić information content (AvgIpc) is 2.94. The summed E-state index contributed by atoms with van der Waals surface area (Å²) in [5.41, 5.74) is 1.02. The van der Waals surface area contributed by atoms with Crippen LogP contribution in [0.1, 0.15) is 15.9 Å². The van der Waals surface area contributed by atoms with E-state index in [-0.39, 0.29) is 20.4 Å². The zero-order chi connectivity index (χ0) is 28.0. The fraction of sp³-hybridized carbons (Fsp3) is 0.138. The van der Waals surface area contributed by atoms with Crippen LogP contribution in [0.5, 0.6) is 28.7 Å². The zero-order valence-electron chi connectivity index (χ0n) is 21.1. The highest BCUT2D eigenvalue weighted by atomic mass is 16.7. The minimum Gasteiger partial charge on any atom is -0.457 e. The van der Waals surface area contributed by atoms with E-state index in [9.17, 15) is 14.4 Å². The van der Waals surface area contributed by atoms with Gasteiger partial charge in [-0.25, -0.2) is 14.4 Å². The van der Waals surface area contributed by atoms with Crippen molar-refractivity contribution in [2.45, 2.75) is 6.92 Å². The molecule has 0 aliphatic rings. The summed E-state index contributed by atoms with van der Waals surface area (Å²) in [6, 6.07) is 17.9. The number of rotatable bonds is 14. The van der Waals surface area contributed by atoms with Crippen LogP contribution >= 0.6 is 0 Å². The predicted octanol–water partition coefficient (Wildman–Crippen LogP) is 4.76. The van der Waals surface area contributed by atoms with E-state index >= 15 is 0 Å². The van der Waals surface area contributed by atoms with Crippen molar-refractivity contribution < 1.29 is 47.5 Å². The van der Waals surface area contributed by atoms with E-state index in [0.717, 1.165) is 12.2 Å². The van der Waals surface area contributed by atoms with Crippen LogP contribution in [0.25, 0.3) is 0 Å². The highest BCUT2D eigenvalue weighted by molar-refractivity contribution is 5.92. The lowest BCUT2D eigenvalue weighted by Gasteiger charge is -2.12. The molecule has 10 heteroatoms. The Morgan fingerprint density at radius 3 is 1.49 bits per heavy atom. The number of hydrogen-bond acceptors (Lipinski definition) is 10. The average molecular weight is 535 g/mol. The summed E-state index contributed by atoms with van der Waals surface area (Å²) in [6.45, 7) is 7.80. The van der Waals surface area contributed by atoms with Crippen LogP contribution < -0.4 is 23.7 Å². The quantitative estimate of drug-likeness (QED) is 0.124. The summed E-state index contributed by atoms with van der Waals surface area (Å²) >= 11 is 0. The van der Waals surface area contributed by atoms with Gasteiger partial charge >= 0.3 is 17.9 Å². The molecule has 0 aromatic heterocycles. The predicted molar refractivity (Wildman–Crippen MR) is 139 cm³/mol. The Morgan fingerprint density at radius 2 is 1.03 bits per heavy atom. The Kier molecular flexibility index (Phi) is 10.5. The SMILES string of the molecule is C=CC(=O)OCOc1ccc(OCOc2ccc(C(=O)Oc3ccc(OCOC(=O)C=C)cc3)c(C)c2)cc1. The summed E-state index contributed by atoms with van der Waals surface area (Å²) < 4.78 is 36.7. The van der Waals surface area contributed by atoms with Crippen molar-refractivity contribution >= 4 is 17.9 Å². The molecule has 0 aliphatic carbocycles. The lowest BCUT2D eigenvalue weighted by molar-refractivity contribution is -0.145. The molecular weight excluding hydrogens is 508 g/mol. The molecule has 10 nitrogen and oxygen atoms in total. The maximum absolute atomic E-state index is 12.6. The normalized spacial score (nSPS) is 9.97. The van der Waals surface area contributed by atoms with Crippen molar-refractivity contribution in [1.29, 1.82) is 0 Å². The molecule has 0 unspecified atom stereocenters. The number of ether oxygens (including phenoxy) is 7. The number of benzene rings is 3. The number of hydrogen-bond donors (Lipinski definition) is 0. The van der Waals surface area contributed by atoms with Crippen LogP contribution in [0, 0.1) is 6.92 Å². The van der Waals surface area contributed by atoms with E-state index in [1.165, 1.54) is 0 Å². The third-order valence-corrected chi connectivity index (χ3v) is 4.91. The molecule has 0 atom stereocenters. The minimum atomic E-state index is -0.594. The number of carbonyl (C=O) groups is 3. The molecule has 0 bridgehead atoms. The van der Waals surface area contributed by atoms with Gasteiger partial charge in [-0.2, -0.15) is 0 Å². The lowest BCUT2D eigenvalue weighted by atomic mass is 10.1. The van der Waals surface area contributed by atoms with Crippen molar-refractivity contribution in [3.05, 3.63) is 103 Å². The van der Waals surface area contributed by atoms with Crippen molar-refractivity contribution in [3.8, 4) is 28.7 Å². The molecular formula is C29H26O10. The van der Waals surface area contributed by atoms with Crippen molar-refractivity contribution in [3.63, 3.8) is 0 Å². The van der Waals surface area contributed by atoms with Gasteiger partial charge < -0.3 is 33.2 Å². The summed E-state index contributed by atoms with van der Waals surface area (Å²) in [7, 11) is 0. The standard InChI is InChI=1S/C29H26O10/c1-4-27(30)37-18-34-22-8-6-21(7-9-22)33-17-36-25-14-15-26(20(3)16-25)29(32)39-24-12-10-23(11-13-24)35-19-38-28(31)5-2/h4-16H,1-2,17-19H2,3H3. The van der Waals surface area contributed by atoms with Crippen LogP contribution in [0.3, 0.4) is 0 Å². The van der Waals surface area contributed by atoms with Crippen molar-refractivity contribution in [2.24, 2.45) is 0 Å². The molecule has 3 aromatic rings. The van der Waals surface area contributed by atoms with E-state index in [1.807, 2.05) is 0 Å². The van der Waals surface area contributed by atoms with Crippen LogP contribution in [0.2, 0.25) is 0 Å². The van der Waals surface area contributed by atoms with Gasteiger partial charge in [-0.05, 0) is 79.2 Å². The van der Waals surface area contributed by atoms with Crippen molar-refractivity contribution in [1.82, 2.24) is 0 Å². The van der Waals surface area contributed by atoms with Crippen LogP contribution in [0.4, 0.5) is 0 Å². The molecule has 0 saturated heterocycles. The van der Waals surface area contributed by atoms with Gasteiger partial charge in [0.1, 0.15) is 28.7 Å². The first-order chi connectivity index (χ1) is 18.9. The Morgan fingerprint density at radius 1 is 0.615 bits per heavy atom. The molecule has 39 heavy (non-hydrogen) atoms. The Labute approximate surface area is 224 Å². The van der Waals surface area contributed by atoms with Gasteiger partial charge in [0.15, 0.2) is 0 Å². The summed E-state index contributed by atoms with van der Waals surface area (Å²) in [4.78, 5) is 34.7. The molecule has 0 N–H and O–H groups in total. The van der Waals surface area contributed by atoms with E-state index < -0.39 is 17.9 Å². The molecule has 202 valence electrons. The smallest absolute Gasteiger partial charge is 0.343 e. The topological polar surface area (TPSA) is 116 Å². The number of carbonyl (C=O) groups excluding carboxylic acids is 3. The van der Waals surface area contributed by atoms with Gasteiger partial charge in [-0.1, -0.05) is 13.2 Å². The van der Waals surface area contributed by atoms with Crippen LogP contribution in [-0.2, 0) is 19.1 Å². The van der Waals surface area contributed by atoms with Gasteiger partial charge in [0, 0.05) is 12.2 Å². The molecule has 0 radical (unpaired) electrons. The molecule has 0 aliphatic heterocycles. The number of aryl methyl sites for hydroxylation is 1. The fourth-order valence-electron chi connectivity index (χ4n) is 2.95. The summed E-state index contributed by atoms with van der Waals surface area (Å²) in [5, 5.41) is 0. The van der Waals surface area contributed by atoms with E-state index in [2.05, 4.69) is 13.2 Å². The third kappa shape index (κ3) is 9.29. The molecule has 3 aromatic carbocycles. The second-order valence-corrected chi connectivity index (χ2v) is 7.57. The second-order valence-electron chi connectivity index (χ2n) is 7.57. The Balaban J connectivity index is 1.44. The minimum absolute atomic E-state index is 0.0679. The number of esters is 3. The van der Waals surface area contributed by atoms with E-state index in [1.54, 1.807) is 73.7 Å². The Bertz CT molecular complexity index is 1300. The maximum Gasteiger partial charge on any atom is 0.343 e. The second kappa shape index (κ2) is 14.5. The van der Waals surface area contributed by atoms with Crippen LogP contribution in [0.15, 0.2) is 92.0 Å². The zero-order valence-corrected chi connectivity index (χ0v) is 21.1. The molecule has 0 spiro atoms. The van der Waals surface area contributed by atoms with Crippen molar-refractivity contribution in [2.75, 3.05) is 20.4 Å². The van der Waals surface area contributed by atoms with Gasteiger partial charge in [0.05, 0.1) is 5.56 Å². The summed E-state index contributed by atoms with van der Waals surface area (Å²) in [5.74, 6) is 0.586. The van der Waals surface area contributed by atoms with Crippen LogP contribution in [-0.4, -0.2) is 38.3 Å². The van der Waals surface area contributed by atoms with Gasteiger partial charge in [0.2, 0.25) is 20.4 Å².